The van der Waals surface area contributed by atoms with Crippen molar-refractivity contribution in [1.29, 1.82) is 0 Å². The van der Waals surface area contributed by atoms with Crippen molar-refractivity contribution < 1.29 is 17.1 Å². The zero-order valence-electron chi connectivity index (χ0n) is 21.9. The summed E-state index contributed by atoms with van der Waals surface area (Å²) in [6.45, 7) is 0. The van der Waals surface area contributed by atoms with E-state index < -0.39 is 7.92 Å². The second-order valence-electron chi connectivity index (χ2n) is 10.3. The summed E-state index contributed by atoms with van der Waals surface area (Å²) in [4.78, 5) is 0. The zero-order chi connectivity index (χ0) is 24.4. The molecule has 0 unspecified atom stereocenters. The molecule has 0 nitrogen and oxygen atoms in total. The van der Waals surface area contributed by atoms with Crippen molar-refractivity contribution in [2.24, 2.45) is 0 Å². The number of benzene rings is 2. The predicted octanol–water partition coefficient (Wildman–Crippen LogP) is 8.34. The topological polar surface area (TPSA) is 0 Å². The van der Waals surface area contributed by atoms with Gasteiger partial charge in [-0.05, 0) is 55.5 Å². The summed E-state index contributed by atoms with van der Waals surface area (Å²) in [6.07, 6.45) is 15.1. The third-order valence-corrected chi connectivity index (χ3v) is 13.8. The van der Waals surface area contributed by atoms with Gasteiger partial charge in [0.2, 0.25) is 0 Å². The van der Waals surface area contributed by atoms with Gasteiger partial charge in [0.15, 0.2) is 0 Å². The summed E-state index contributed by atoms with van der Waals surface area (Å²) < 4.78 is 0. The van der Waals surface area contributed by atoms with Crippen LogP contribution < -0.4 is 21.2 Å². The van der Waals surface area contributed by atoms with Gasteiger partial charge in [-0.15, -0.1) is 10.6 Å². The predicted molar refractivity (Wildman–Crippen MR) is 163 cm³/mol. The summed E-state index contributed by atoms with van der Waals surface area (Å²) >= 11 is 0. The van der Waals surface area contributed by atoms with Gasteiger partial charge in [-0.25, -0.2) is 24.3 Å². The number of rotatable bonds is 6. The van der Waals surface area contributed by atoms with Gasteiger partial charge in [0, 0.05) is 0 Å². The van der Waals surface area contributed by atoms with E-state index in [0.717, 1.165) is 11.3 Å². The second kappa shape index (κ2) is 15.2. The van der Waals surface area contributed by atoms with E-state index >= 15 is 0 Å². The van der Waals surface area contributed by atoms with Crippen LogP contribution in [-0.2, 0) is 17.1 Å². The Kier molecular flexibility index (Phi) is 11.7. The van der Waals surface area contributed by atoms with Crippen LogP contribution in [0.4, 0.5) is 0 Å². The third-order valence-electron chi connectivity index (χ3n) is 7.81. The molecule has 0 radical (unpaired) electrons. The fraction of sp³-hybridized carbons (Fsp3) is 0.353. The van der Waals surface area contributed by atoms with Crippen LogP contribution in [0.2, 0.25) is 0 Å². The number of hydrogen-bond donors (Lipinski definition) is 0. The van der Waals surface area contributed by atoms with Crippen molar-refractivity contribution in [3.63, 3.8) is 0 Å². The first-order valence-electron chi connectivity index (χ1n) is 14.0. The molecule has 0 bridgehead atoms. The summed E-state index contributed by atoms with van der Waals surface area (Å²) in [5, 5.41) is 5.96. The average molecular weight is 566 g/mol. The van der Waals surface area contributed by atoms with E-state index in [-0.39, 0.29) is 25.0 Å². The Balaban J connectivity index is 0.000000168. The molecule has 2 aliphatic rings. The maximum Gasteiger partial charge on any atom is 2.00 e. The molecule has 0 aliphatic heterocycles. The molecule has 2 aliphatic carbocycles. The van der Waals surface area contributed by atoms with Crippen molar-refractivity contribution >= 4 is 37.1 Å². The van der Waals surface area contributed by atoms with Gasteiger partial charge in [0.1, 0.15) is 0 Å². The average Bonchev–Trinajstić information content (AvgIpc) is 3.68. The van der Waals surface area contributed by atoms with Crippen LogP contribution in [0.3, 0.4) is 0 Å². The fourth-order valence-electron chi connectivity index (χ4n) is 6.09. The van der Waals surface area contributed by atoms with E-state index in [9.17, 15) is 0 Å². The molecule has 0 atom stereocenters. The second-order valence-corrected chi connectivity index (χ2v) is 15.3. The first kappa shape index (κ1) is 28.5. The molecule has 3 heteroatoms. The molecular weight excluding hydrogens is 526 g/mol. The summed E-state index contributed by atoms with van der Waals surface area (Å²) in [7, 11) is -0.264. The van der Waals surface area contributed by atoms with Gasteiger partial charge in [-0.2, -0.15) is 24.3 Å². The Bertz CT molecular complexity index is 1040. The zero-order valence-corrected chi connectivity index (χ0v) is 24.8. The van der Waals surface area contributed by atoms with Crippen LogP contribution in [-0.4, -0.2) is 11.3 Å². The maximum atomic E-state index is 2.43. The van der Waals surface area contributed by atoms with Crippen LogP contribution in [0.5, 0.6) is 0 Å². The van der Waals surface area contributed by atoms with E-state index in [1.165, 1.54) is 80.1 Å². The molecule has 2 fully saturated rings. The van der Waals surface area contributed by atoms with Crippen molar-refractivity contribution in [2.45, 2.75) is 75.5 Å². The SMILES string of the molecule is [Fe+2].c1c[cH-]c(P(C2CCCCC2)C2CCCCC2)c1.c1ccc(P(c2ccccc2)c2ccc[cH-]2)cc1. The Morgan fingerprint density at radius 1 is 0.486 bits per heavy atom. The van der Waals surface area contributed by atoms with E-state index in [2.05, 4.69) is 109 Å². The third kappa shape index (κ3) is 7.78. The van der Waals surface area contributed by atoms with Crippen LogP contribution in [0.15, 0.2) is 109 Å². The monoisotopic (exact) mass is 566 g/mol. The van der Waals surface area contributed by atoms with Gasteiger partial charge in [0.05, 0.1) is 0 Å². The van der Waals surface area contributed by atoms with Crippen LogP contribution in [0, 0.1) is 0 Å². The number of hydrogen-bond acceptors (Lipinski definition) is 0. The summed E-state index contributed by atoms with van der Waals surface area (Å²) in [6, 6.07) is 39.6. The molecule has 4 aromatic rings. The maximum absolute atomic E-state index is 2.43. The molecule has 0 amide bonds. The van der Waals surface area contributed by atoms with Gasteiger partial charge >= 0.3 is 17.1 Å². The molecule has 37 heavy (non-hydrogen) atoms. The fourth-order valence-corrected chi connectivity index (χ4v) is 12.2. The molecule has 0 aromatic heterocycles. The molecule has 4 aromatic carbocycles. The molecule has 0 heterocycles. The quantitative estimate of drug-likeness (QED) is 0.125. The molecule has 0 spiro atoms. The minimum atomic E-state index is -0.409. The largest absolute Gasteiger partial charge is 2.00 e. The van der Waals surface area contributed by atoms with Crippen LogP contribution in [0.25, 0.3) is 0 Å². The molecule has 0 saturated heterocycles. The summed E-state index contributed by atoms with van der Waals surface area (Å²) in [5.41, 5.74) is 2.11. The Morgan fingerprint density at radius 3 is 1.32 bits per heavy atom. The summed E-state index contributed by atoms with van der Waals surface area (Å²) in [5.74, 6) is 0. The minimum Gasteiger partial charge on any atom is -0.213 e. The van der Waals surface area contributed by atoms with E-state index in [1.807, 2.05) is 0 Å². The normalized spacial score (nSPS) is 16.7. The minimum absolute atomic E-state index is 0. The Morgan fingerprint density at radius 2 is 0.919 bits per heavy atom. The standard InChI is InChI=1S/C17H26P.C17H14P.Fe/c2*1-3-9-15(10-4-1)18(17-13-7-8-14-17)16-11-5-2-6-12-16;/h7-8,13-16H,1-6,9-12H2;1-14H;/q2*-1;+2. The van der Waals surface area contributed by atoms with Gasteiger partial charge in [-0.3, -0.25) is 0 Å². The molecule has 6 rings (SSSR count). The smallest absolute Gasteiger partial charge is 0.213 e. The van der Waals surface area contributed by atoms with E-state index in [0.29, 0.717) is 0 Å². The van der Waals surface area contributed by atoms with E-state index in [1.54, 1.807) is 5.30 Å². The molecular formula is C34H40FeP2. The molecule has 194 valence electrons. The molecule has 0 N–H and O–H groups in total. The van der Waals surface area contributed by atoms with Crippen molar-refractivity contribution in [2.75, 3.05) is 0 Å². The van der Waals surface area contributed by atoms with Crippen molar-refractivity contribution in [3.8, 4) is 0 Å². The Hall–Kier alpha value is -1.48. The van der Waals surface area contributed by atoms with Crippen molar-refractivity contribution in [3.05, 3.63) is 109 Å². The Labute approximate surface area is 238 Å². The van der Waals surface area contributed by atoms with Crippen molar-refractivity contribution in [1.82, 2.24) is 0 Å². The van der Waals surface area contributed by atoms with Gasteiger partial charge in [0.25, 0.3) is 0 Å². The van der Waals surface area contributed by atoms with Gasteiger partial charge < -0.3 is 0 Å². The first-order valence-corrected chi connectivity index (χ1v) is 16.8. The first-order chi connectivity index (χ1) is 17.9. The molecule has 2 saturated carbocycles. The van der Waals surface area contributed by atoms with E-state index in [4.69, 9.17) is 0 Å². The van der Waals surface area contributed by atoms with Crippen LogP contribution >= 0.6 is 15.8 Å². The van der Waals surface area contributed by atoms with Gasteiger partial charge in [-0.1, -0.05) is 107 Å². The van der Waals surface area contributed by atoms with Crippen LogP contribution in [0.1, 0.15) is 64.2 Å².